The van der Waals surface area contributed by atoms with Crippen molar-refractivity contribution in [3.63, 3.8) is 0 Å². The number of likely N-dealkylation sites (tertiary alicyclic amines) is 1. The van der Waals surface area contributed by atoms with E-state index in [1.165, 1.54) is 25.9 Å². The van der Waals surface area contributed by atoms with Gasteiger partial charge in [-0.3, -0.25) is 0 Å². The van der Waals surface area contributed by atoms with Crippen LogP contribution in [0.4, 0.5) is 0 Å². The van der Waals surface area contributed by atoms with Gasteiger partial charge < -0.3 is 15.0 Å². The van der Waals surface area contributed by atoms with Crippen LogP contribution in [0, 0.1) is 5.92 Å². The Hall–Kier alpha value is -0.120. The van der Waals surface area contributed by atoms with Crippen molar-refractivity contribution < 1.29 is 4.74 Å². The fourth-order valence-corrected chi connectivity index (χ4v) is 2.16. The van der Waals surface area contributed by atoms with Gasteiger partial charge >= 0.3 is 0 Å². The van der Waals surface area contributed by atoms with E-state index in [-0.39, 0.29) is 0 Å². The maximum Gasteiger partial charge on any atom is 0.0593 e. The lowest BCUT2D eigenvalue weighted by Crippen LogP contribution is -2.43. The van der Waals surface area contributed by atoms with Crippen molar-refractivity contribution in [3.05, 3.63) is 0 Å². The van der Waals surface area contributed by atoms with Crippen LogP contribution in [0.25, 0.3) is 0 Å². The highest BCUT2D eigenvalue weighted by atomic mass is 16.5. The molecule has 1 rings (SSSR count). The van der Waals surface area contributed by atoms with Crippen LogP contribution in [0.3, 0.4) is 0 Å². The van der Waals surface area contributed by atoms with E-state index in [2.05, 4.69) is 31.0 Å². The predicted molar refractivity (Wildman–Crippen MR) is 68.8 cm³/mol. The molecule has 0 aromatic rings. The van der Waals surface area contributed by atoms with Crippen LogP contribution >= 0.6 is 0 Å². The second-order valence-corrected chi connectivity index (χ2v) is 5.14. The molecule has 96 valence electrons. The molecule has 1 aliphatic heterocycles. The van der Waals surface area contributed by atoms with Crippen molar-refractivity contribution in [2.24, 2.45) is 5.92 Å². The number of hydrogen-bond donors (Lipinski definition) is 1. The third-order valence-corrected chi connectivity index (χ3v) is 3.08. The van der Waals surface area contributed by atoms with Crippen molar-refractivity contribution in [1.29, 1.82) is 0 Å². The maximum absolute atomic E-state index is 5.61. The summed E-state index contributed by atoms with van der Waals surface area (Å²) in [6, 6.07) is 0.748. The summed E-state index contributed by atoms with van der Waals surface area (Å²) in [6.45, 7) is 13.0. The molecular formula is C13H28N2O. The molecule has 1 fully saturated rings. The highest BCUT2D eigenvalue weighted by Gasteiger charge is 2.17. The van der Waals surface area contributed by atoms with Crippen molar-refractivity contribution in [2.75, 3.05) is 39.4 Å². The summed E-state index contributed by atoms with van der Waals surface area (Å²) in [7, 11) is 0. The topological polar surface area (TPSA) is 24.5 Å². The molecule has 1 aliphatic rings. The first-order chi connectivity index (χ1) is 7.72. The molecule has 3 heteroatoms. The minimum absolute atomic E-state index is 0.652. The SMILES string of the molecule is CCNC1CCN(CCOCC(C)C)CC1. The smallest absolute Gasteiger partial charge is 0.0593 e. The van der Waals surface area contributed by atoms with Crippen LogP contribution in [0.5, 0.6) is 0 Å². The number of ether oxygens (including phenoxy) is 1. The number of rotatable bonds is 7. The number of piperidine rings is 1. The van der Waals surface area contributed by atoms with Gasteiger partial charge in [-0.15, -0.1) is 0 Å². The van der Waals surface area contributed by atoms with E-state index >= 15 is 0 Å². The molecule has 1 N–H and O–H groups in total. The summed E-state index contributed by atoms with van der Waals surface area (Å²) in [5, 5.41) is 3.53. The number of hydrogen-bond acceptors (Lipinski definition) is 3. The molecule has 0 spiro atoms. The molecule has 0 atom stereocenters. The Labute approximate surface area is 101 Å². The highest BCUT2D eigenvalue weighted by molar-refractivity contribution is 4.76. The van der Waals surface area contributed by atoms with Crippen LogP contribution < -0.4 is 5.32 Å². The normalized spacial score (nSPS) is 19.5. The zero-order chi connectivity index (χ0) is 11.8. The third kappa shape index (κ3) is 5.83. The largest absolute Gasteiger partial charge is 0.380 e. The Morgan fingerprint density at radius 1 is 1.31 bits per heavy atom. The van der Waals surface area contributed by atoms with Gasteiger partial charge in [0.2, 0.25) is 0 Å². The molecule has 16 heavy (non-hydrogen) atoms. The first kappa shape index (κ1) is 13.9. The minimum Gasteiger partial charge on any atom is -0.380 e. The fraction of sp³-hybridized carbons (Fsp3) is 1.00. The van der Waals surface area contributed by atoms with Crippen LogP contribution in [0.2, 0.25) is 0 Å². The molecule has 1 saturated heterocycles. The van der Waals surface area contributed by atoms with Crippen LogP contribution in [0.15, 0.2) is 0 Å². The second kappa shape index (κ2) is 8.04. The monoisotopic (exact) mass is 228 g/mol. The van der Waals surface area contributed by atoms with Crippen LogP contribution in [-0.4, -0.2) is 50.3 Å². The Bertz CT molecular complexity index is 165. The summed E-state index contributed by atoms with van der Waals surface area (Å²) in [4.78, 5) is 2.52. The van der Waals surface area contributed by atoms with E-state index in [1.807, 2.05) is 0 Å². The van der Waals surface area contributed by atoms with Gasteiger partial charge in [0.05, 0.1) is 6.61 Å². The Kier molecular flexibility index (Phi) is 7.01. The van der Waals surface area contributed by atoms with Crippen molar-refractivity contribution in [3.8, 4) is 0 Å². The van der Waals surface area contributed by atoms with Gasteiger partial charge in [0.15, 0.2) is 0 Å². The fourth-order valence-electron chi connectivity index (χ4n) is 2.16. The molecule has 0 saturated carbocycles. The Morgan fingerprint density at radius 2 is 2.00 bits per heavy atom. The summed E-state index contributed by atoms with van der Waals surface area (Å²) in [5.41, 5.74) is 0. The summed E-state index contributed by atoms with van der Waals surface area (Å²) >= 11 is 0. The lowest BCUT2D eigenvalue weighted by molar-refractivity contribution is 0.0766. The molecule has 0 amide bonds. The summed E-state index contributed by atoms with van der Waals surface area (Å²) in [5.74, 6) is 0.652. The zero-order valence-corrected chi connectivity index (χ0v) is 11.2. The first-order valence-electron chi connectivity index (χ1n) is 6.75. The van der Waals surface area contributed by atoms with Gasteiger partial charge in [-0.05, 0) is 38.4 Å². The average Bonchev–Trinajstić information content (AvgIpc) is 2.27. The third-order valence-electron chi connectivity index (χ3n) is 3.08. The highest BCUT2D eigenvalue weighted by Crippen LogP contribution is 2.09. The predicted octanol–water partition coefficient (Wildman–Crippen LogP) is 1.73. The van der Waals surface area contributed by atoms with E-state index in [1.54, 1.807) is 0 Å². The van der Waals surface area contributed by atoms with E-state index in [4.69, 9.17) is 4.74 Å². The lowest BCUT2D eigenvalue weighted by atomic mass is 10.1. The van der Waals surface area contributed by atoms with E-state index in [0.29, 0.717) is 5.92 Å². The lowest BCUT2D eigenvalue weighted by Gasteiger charge is -2.32. The van der Waals surface area contributed by atoms with Gasteiger partial charge in [0.1, 0.15) is 0 Å². The minimum atomic E-state index is 0.652. The molecule has 0 radical (unpaired) electrons. The van der Waals surface area contributed by atoms with E-state index in [9.17, 15) is 0 Å². The molecule has 1 heterocycles. The van der Waals surface area contributed by atoms with Crippen molar-refractivity contribution in [1.82, 2.24) is 10.2 Å². The molecule has 0 bridgehead atoms. The Balaban J connectivity index is 1.99. The first-order valence-corrected chi connectivity index (χ1v) is 6.75. The van der Waals surface area contributed by atoms with Gasteiger partial charge in [-0.25, -0.2) is 0 Å². The average molecular weight is 228 g/mol. The van der Waals surface area contributed by atoms with Gasteiger partial charge in [0, 0.05) is 19.2 Å². The maximum atomic E-state index is 5.61. The molecular weight excluding hydrogens is 200 g/mol. The van der Waals surface area contributed by atoms with Crippen molar-refractivity contribution >= 4 is 0 Å². The second-order valence-electron chi connectivity index (χ2n) is 5.14. The quantitative estimate of drug-likeness (QED) is 0.672. The van der Waals surface area contributed by atoms with Crippen LogP contribution in [-0.2, 0) is 4.74 Å². The molecule has 0 unspecified atom stereocenters. The number of nitrogens with one attached hydrogen (secondary N) is 1. The molecule has 0 aliphatic carbocycles. The molecule has 3 nitrogen and oxygen atoms in total. The summed E-state index contributed by atoms with van der Waals surface area (Å²) < 4.78 is 5.61. The van der Waals surface area contributed by atoms with Crippen molar-refractivity contribution in [2.45, 2.75) is 39.7 Å². The Morgan fingerprint density at radius 3 is 2.56 bits per heavy atom. The van der Waals surface area contributed by atoms with E-state index in [0.717, 1.165) is 32.3 Å². The number of nitrogens with zero attached hydrogens (tertiary/aromatic N) is 1. The van der Waals surface area contributed by atoms with E-state index < -0.39 is 0 Å². The molecule has 0 aromatic carbocycles. The van der Waals surface area contributed by atoms with Gasteiger partial charge in [-0.2, -0.15) is 0 Å². The van der Waals surface area contributed by atoms with Crippen LogP contribution in [0.1, 0.15) is 33.6 Å². The zero-order valence-electron chi connectivity index (χ0n) is 11.2. The van der Waals surface area contributed by atoms with Gasteiger partial charge in [-0.1, -0.05) is 20.8 Å². The molecule has 0 aromatic heterocycles. The standard InChI is InChI=1S/C13H28N2O/c1-4-14-13-5-7-15(8-6-13)9-10-16-11-12(2)3/h12-14H,4-11H2,1-3H3. The summed E-state index contributed by atoms with van der Waals surface area (Å²) in [6.07, 6.45) is 2.58. The van der Waals surface area contributed by atoms with Gasteiger partial charge in [0.25, 0.3) is 0 Å².